The third-order valence-electron chi connectivity index (χ3n) is 9.25. The van der Waals surface area contributed by atoms with Gasteiger partial charge in [-0.1, -0.05) is 73.7 Å². The number of imidazole rings is 1. The van der Waals surface area contributed by atoms with Crippen molar-refractivity contribution in [1.29, 1.82) is 0 Å². The van der Waals surface area contributed by atoms with Crippen LogP contribution in [0.3, 0.4) is 0 Å². The van der Waals surface area contributed by atoms with Gasteiger partial charge in [0.05, 0.1) is 31.1 Å². The highest BCUT2D eigenvalue weighted by molar-refractivity contribution is 5.91. The van der Waals surface area contributed by atoms with E-state index in [1.54, 1.807) is 11.1 Å². The van der Waals surface area contributed by atoms with Crippen molar-refractivity contribution in [3.05, 3.63) is 96.4 Å². The summed E-state index contributed by atoms with van der Waals surface area (Å²) in [6, 6.07) is 23.5. The molecule has 0 spiro atoms. The van der Waals surface area contributed by atoms with Crippen LogP contribution >= 0.6 is 0 Å². The van der Waals surface area contributed by atoms with E-state index in [9.17, 15) is 19.2 Å². The minimum atomic E-state index is -0.888. The number of amides is 5. The van der Waals surface area contributed by atoms with Crippen molar-refractivity contribution in [2.24, 2.45) is 0 Å². The molecule has 0 saturated carbocycles. The maximum atomic E-state index is 14.2. The Kier molecular flexibility index (Phi) is 10.8. The zero-order chi connectivity index (χ0) is 35.0. The Balaban J connectivity index is 1.13. The van der Waals surface area contributed by atoms with Crippen molar-refractivity contribution in [1.82, 2.24) is 30.4 Å². The molecule has 260 valence electrons. The van der Waals surface area contributed by atoms with Gasteiger partial charge in [-0.15, -0.1) is 0 Å². The van der Waals surface area contributed by atoms with Gasteiger partial charge in [-0.2, -0.15) is 0 Å². The molecule has 2 aliphatic rings. The third kappa shape index (κ3) is 7.96. The molecule has 0 aliphatic carbocycles. The quantitative estimate of drug-likeness (QED) is 0.161. The van der Waals surface area contributed by atoms with E-state index in [-0.39, 0.29) is 29.9 Å². The number of aromatic amines is 1. The van der Waals surface area contributed by atoms with Gasteiger partial charge in [0.1, 0.15) is 11.9 Å². The molecule has 3 heterocycles. The van der Waals surface area contributed by atoms with E-state index in [0.717, 1.165) is 47.3 Å². The Morgan fingerprint density at radius 3 is 2.32 bits per heavy atom. The van der Waals surface area contributed by atoms with Crippen LogP contribution < -0.4 is 16.0 Å². The minimum Gasteiger partial charge on any atom is -0.453 e. The summed E-state index contributed by atoms with van der Waals surface area (Å²) in [5, 5.41) is 8.64. The highest BCUT2D eigenvalue weighted by Crippen LogP contribution is 2.34. The molecule has 50 heavy (non-hydrogen) atoms. The van der Waals surface area contributed by atoms with E-state index in [1.807, 2.05) is 90.7 Å². The van der Waals surface area contributed by atoms with Gasteiger partial charge in [-0.3, -0.25) is 9.59 Å². The van der Waals surface area contributed by atoms with Crippen LogP contribution in [-0.4, -0.2) is 76.5 Å². The molecule has 2 aliphatic heterocycles. The first kappa shape index (κ1) is 34.2. The Morgan fingerprint density at radius 2 is 1.62 bits per heavy atom. The highest BCUT2D eigenvalue weighted by Gasteiger charge is 2.38. The monoisotopic (exact) mass is 677 g/mol. The molecular formula is C38H43N7O5. The molecule has 0 unspecified atom stereocenters. The van der Waals surface area contributed by atoms with E-state index in [1.165, 1.54) is 7.11 Å². The fraction of sp³-hybridized carbons (Fsp3) is 0.342. The standard InChI is InChI=1S/C38H43N7O5/c1-3-8-33(46)40-29-18-16-26(17-19-29)25-12-14-27(15-13-25)31-23-39-35(42-31)32-11-7-21-45(32)36(47)34(28-9-5-4-6-10-28)43-37(48)44-22-20-30(24-44)41-38(49)50-2/h4-6,9-10,12-19,23,30,32,34H,3,7-8,11,20-22,24H2,1-2H3,(H,39,42)(H,40,46)(H,41,49)(H,43,48)/t30-,32+,34-/m1/s1. The van der Waals surface area contributed by atoms with Gasteiger partial charge in [-0.05, 0) is 60.1 Å². The van der Waals surface area contributed by atoms with Crippen LogP contribution in [0.4, 0.5) is 15.3 Å². The van der Waals surface area contributed by atoms with Gasteiger partial charge < -0.3 is 35.5 Å². The van der Waals surface area contributed by atoms with Crippen LogP contribution in [0.2, 0.25) is 0 Å². The second-order valence-corrected chi connectivity index (χ2v) is 12.7. The lowest BCUT2D eigenvalue weighted by atomic mass is 10.0. The molecule has 1 aromatic heterocycles. The summed E-state index contributed by atoms with van der Waals surface area (Å²) in [5.74, 6) is 0.512. The number of carbonyl (C=O) groups is 4. The van der Waals surface area contributed by atoms with E-state index in [2.05, 4.69) is 20.9 Å². The van der Waals surface area contributed by atoms with E-state index < -0.39 is 12.1 Å². The van der Waals surface area contributed by atoms with E-state index in [0.29, 0.717) is 43.9 Å². The van der Waals surface area contributed by atoms with Crippen LogP contribution in [0.25, 0.3) is 22.4 Å². The smallest absolute Gasteiger partial charge is 0.407 e. The number of anilines is 1. The zero-order valence-corrected chi connectivity index (χ0v) is 28.4. The first-order valence-corrected chi connectivity index (χ1v) is 17.1. The predicted octanol–water partition coefficient (Wildman–Crippen LogP) is 6.03. The first-order valence-electron chi connectivity index (χ1n) is 17.1. The zero-order valence-electron chi connectivity index (χ0n) is 28.4. The summed E-state index contributed by atoms with van der Waals surface area (Å²) < 4.78 is 4.69. The number of alkyl carbamates (subject to hydrolysis) is 1. The fourth-order valence-electron chi connectivity index (χ4n) is 6.61. The van der Waals surface area contributed by atoms with Crippen LogP contribution in [0.1, 0.15) is 62.5 Å². The summed E-state index contributed by atoms with van der Waals surface area (Å²) in [4.78, 5) is 62.8. The van der Waals surface area contributed by atoms with Gasteiger partial charge in [0.25, 0.3) is 0 Å². The lowest BCUT2D eigenvalue weighted by molar-refractivity contribution is -0.134. The van der Waals surface area contributed by atoms with Crippen molar-refractivity contribution < 1.29 is 23.9 Å². The van der Waals surface area contributed by atoms with E-state index >= 15 is 0 Å². The number of ether oxygens (including phenoxy) is 1. The number of benzene rings is 3. The molecule has 4 N–H and O–H groups in total. The summed E-state index contributed by atoms with van der Waals surface area (Å²) in [5.41, 5.74) is 5.36. The average molecular weight is 678 g/mol. The van der Waals surface area contributed by atoms with Crippen molar-refractivity contribution in [3.8, 4) is 22.4 Å². The third-order valence-corrected chi connectivity index (χ3v) is 9.25. The number of urea groups is 1. The average Bonchev–Trinajstić information content (AvgIpc) is 3.93. The number of nitrogens with zero attached hydrogens (tertiary/aromatic N) is 3. The molecule has 3 aromatic carbocycles. The molecule has 3 atom stereocenters. The molecule has 4 aromatic rings. The van der Waals surface area contributed by atoms with Crippen LogP contribution in [0.15, 0.2) is 85.1 Å². The molecule has 6 rings (SSSR count). The number of nitrogens with one attached hydrogen (secondary N) is 4. The Morgan fingerprint density at radius 1 is 0.920 bits per heavy atom. The van der Waals surface area contributed by atoms with Crippen LogP contribution in [0.5, 0.6) is 0 Å². The van der Waals surface area contributed by atoms with Gasteiger partial charge in [-0.25, -0.2) is 14.6 Å². The lowest BCUT2D eigenvalue weighted by Crippen LogP contribution is -2.48. The maximum Gasteiger partial charge on any atom is 0.407 e. The minimum absolute atomic E-state index is 0.0136. The van der Waals surface area contributed by atoms with Crippen molar-refractivity contribution in [2.45, 2.75) is 57.2 Å². The Bertz CT molecular complexity index is 1790. The van der Waals surface area contributed by atoms with E-state index in [4.69, 9.17) is 9.72 Å². The van der Waals surface area contributed by atoms with Gasteiger partial charge in [0, 0.05) is 31.7 Å². The van der Waals surface area contributed by atoms with Crippen LogP contribution in [0, 0.1) is 0 Å². The maximum absolute atomic E-state index is 14.2. The topological polar surface area (TPSA) is 149 Å². The summed E-state index contributed by atoms with van der Waals surface area (Å²) in [6.07, 6.45) is 4.71. The summed E-state index contributed by atoms with van der Waals surface area (Å²) in [6.45, 7) is 3.30. The summed E-state index contributed by atoms with van der Waals surface area (Å²) in [7, 11) is 1.30. The van der Waals surface area contributed by atoms with Gasteiger partial charge in [0.2, 0.25) is 11.8 Å². The van der Waals surface area contributed by atoms with Crippen molar-refractivity contribution in [2.75, 3.05) is 32.1 Å². The molecule has 2 saturated heterocycles. The number of aromatic nitrogens is 2. The number of rotatable bonds is 10. The Hall–Kier alpha value is -5.65. The van der Waals surface area contributed by atoms with Crippen molar-refractivity contribution >= 4 is 29.6 Å². The lowest BCUT2D eigenvalue weighted by Gasteiger charge is -2.30. The number of hydrogen-bond acceptors (Lipinski definition) is 6. The molecule has 12 heteroatoms. The molecule has 5 amide bonds. The SMILES string of the molecule is CCCC(=O)Nc1ccc(-c2ccc(-c3cnc([C@@H]4CCCN4C(=O)[C@H](NC(=O)N4CC[C@@H](NC(=O)OC)C4)c4ccccc4)[nH]3)cc2)cc1. The number of likely N-dealkylation sites (tertiary alicyclic amines) is 2. The van der Waals surface area contributed by atoms with Crippen molar-refractivity contribution in [3.63, 3.8) is 0 Å². The normalized spacial score (nSPS) is 17.6. The largest absolute Gasteiger partial charge is 0.453 e. The van der Waals surface area contributed by atoms with Gasteiger partial charge >= 0.3 is 12.1 Å². The number of carbonyl (C=O) groups excluding carboxylic acids is 4. The van der Waals surface area contributed by atoms with Crippen LogP contribution in [-0.2, 0) is 14.3 Å². The highest BCUT2D eigenvalue weighted by atomic mass is 16.5. The number of methoxy groups -OCH3 is 1. The van der Waals surface area contributed by atoms with Gasteiger partial charge in [0.15, 0.2) is 0 Å². The number of hydrogen-bond donors (Lipinski definition) is 4. The molecule has 0 bridgehead atoms. The molecule has 2 fully saturated rings. The second-order valence-electron chi connectivity index (χ2n) is 12.7. The number of H-pyrrole nitrogens is 1. The summed E-state index contributed by atoms with van der Waals surface area (Å²) >= 11 is 0. The fourth-order valence-corrected chi connectivity index (χ4v) is 6.61. The predicted molar refractivity (Wildman–Crippen MR) is 190 cm³/mol. The Labute approximate surface area is 291 Å². The molecule has 12 nitrogen and oxygen atoms in total. The molecular weight excluding hydrogens is 634 g/mol. The molecule has 0 radical (unpaired) electrons. The second kappa shape index (κ2) is 15.7. The first-order chi connectivity index (χ1) is 24.3.